The van der Waals surface area contributed by atoms with Gasteiger partial charge in [-0.15, -0.1) is 11.3 Å². The summed E-state index contributed by atoms with van der Waals surface area (Å²) < 4.78 is 2.58. The maximum absolute atomic E-state index is 2.64. The quantitative estimate of drug-likeness (QED) is 0.154. The first-order valence-corrected chi connectivity index (χ1v) is 24.6. The summed E-state index contributed by atoms with van der Waals surface area (Å²) in [6, 6.07) is 89.0. The van der Waals surface area contributed by atoms with E-state index in [1.807, 2.05) is 11.3 Å². The third-order valence-corrected chi connectivity index (χ3v) is 16.5. The number of nitrogens with zero attached hydrogens (tertiary/aromatic N) is 2. The normalized spacial score (nSPS) is 14.8. The SMILES string of the molecule is CC1(C)c2ccccc2N2c3cc(C(c4ccccc4)c4cc5sc6ccccc6c5cc4N(c4ccccc4)c4ccccc4)ccc3C3(c4ccccc4-c4ccccc43)c3cccc1c32. The highest BCUT2D eigenvalue weighted by molar-refractivity contribution is 7.25. The van der Waals surface area contributed by atoms with Gasteiger partial charge in [0, 0.05) is 42.9 Å². The summed E-state index contributed by atoms with van der Waals surface area (Å²) in [7, 11) is 0. The lowest BCUT2D eigenvalue weighted by Crippen LogP contribution is -2.41. The largest absolute Gasteiger partial charge is 0.310 e. The van der Waals surface area contributed by atoms with E-state index in [1.54, 1.807) is 0 Å². The van der Waals surface area contributed by atoms with E-state index in [1.165, 1.54) is 98.4 Å². The van der Waals surface area contributed by atoms with Gasteiger partial charge in [-0.2, -0.15) is 0 Å². The molecule has 1 aromatic heterocycles. The Morgan fingerprint density at radius 1 is 0.412 bits per heavy atom. The van der Waals surface area contributed by atoms with Gasteiger partial charge in [-0.25, -0.2) is 0 Å². The molecule has 0 bridgehead atoms. The van der Waals surface area contributed by atoms with Gasteiger partial charge in [-0.05, 0) is 116 Å². The fourth-order valence-corrected chi connectivity index (χ4v) is 13.6. The second kappa shape index (κ2) is 14.8. The molecule has 0 radical (unpaired) electrons. The van der Waals surface area contributed by atoms with Gasteiger partial charge in [0.15, 0.2) is 0 Å². The maximum Gasteiger partial charge on any atom is 0.0754 e. The summed E-state index contributed by atoms with van der Waals surface area (Å²) in [5, 5.41) is 2.56. The van der Waals surface area contributed by atoms with Crippen LogP contribution in [0, 0.1) is 0 Å². The molecule has 1 unspecified atom stereocenters. The molecule has 2 nitrogen and oxygen atoms in total. The molecule has 3 heterocycles. The summed E-state index contributed by atoms with van der Waals surface area (Å²) in [5.74, 6) is -0.131. The van der Waals surface area contributed by atoms with Crippen LogP contribution in [0.15, 0.2) is 237 Å². The van der Waals surface area contributed by atoms with Crippen molar-refractivity contribution in [3.8, 4) is 11.1 Å². The van der Waals surface area contributed by atoms with Crippen molar-refractivity contribution in [1.82, 2.24) is 0 Å². The monoisotopic (exact) mass is 886 g/mol. The van der Waals surface area contributed by atoms with Crippen LogP contribution in [0.2, 0.25) is 0 Å². The van der Waals surface area contributed by atoms with Crippen molar-refractivity contribution >= 4 is 65.6 Å². The van der Waals surface area contributed by atoms with Crippen LogP contribution < -0.4 is 9.80 Å². The molecule has 0 saturated heterocycles. The first kappa shape index (κ1) is 39.2. The Bertz CT molecular complexity index is 3710. The topological polar surface area (TPSA) is 6.48 Å². The minimum absolute atomic E-state index is 0.131. The number of fused-ring (bicyclic) bond motifs is 14. The lowest BCUT2D eigenvalue weighted by Gasteiger charge is -2.51. The Hall–Kier alpha value is -7.98. The minimum Gasteiger partial charge on any atom is -0.310 e. The second-order valence-electron chi connectivity index (χ2n) is 19.2. The van der Waals surface area contributed by atoms with Gasteiger partial charge in [0.2, 0.25) is 0 Å². The van der Waals surface area contributed by atoms with Crippen molar-refractivity contribution in [2.75, 3.05) is 9.80 Å². The Morgan fingerprint density at radius 2 is 0.985 bits per heavy atom. The number of thiophene rings is 1. The van der Waals surface area contributed by atoms with E-state index in [0.29, 0.717) is 0 Å². The number of anilines is 6. The molecule has 3 heteroatoms. The van der Waals surface area contributed by atoms with E-state index < -0.39 is 5.41 Å². The molecule has 2 aliphatic heterocycles. The fraction of sp³-hybridized carbons (Fsp3) is 0.0769. The number of hydrogen-bond donors (Lipinski definition) is 0. The molecule has 0 saturated carbocycles. The predicted octanol–water partition coefficient (Wildman–Crippen LogP) is 17.5. The molecule has 1 aliphatic carbocycles. The molecule has 0 N–H and O–H groups in total. The summed E-state index contributed by atoms with van der Waals surface area (Å²) >= 11 is 1.89. The van der Waals surface area contributed by atoms with Crippen LogP contribution in [0.1, 0.15) is 69.8 Å². The van der Waals surface area contributed by atoms with E-state index in [0.717, 1.165) is 17.1 Å². The Kier molecular flexibility index (Phi) is 8.51. The van der Waals surface area contributed by atoms with E-state index in [4.69, 9.17) is 0 Å². The van der Waals surface area contributed by atoms with Crippen LogP contribution in [0.5, 0.6) is 0 Å². The first-order chi connectivity index (χ1) is 33.5. The number of para-hydroxylation sites is 4. The van der Waals surface area contributed by atoms with Crippen LogP contribution in [0.3, 0.4) is 0 Å². The molecular weight excluding hydrogens is 841 g/mol. The maximum atomic E-state index is 2.64. The standard InChI is InChI=1S/C65H46N2S/c1-64(2)53-32-17-18-35-57(53)67-59-39-43(37-38-54(59)65(56-34-20-33-55(64)63(56)67)51-30-15-12-27-46(51)47-28-13-16-31-52(47)65)62(42-21-6-3-7-22-42)50-41-61-49(48-29-14-19-36-60(48)68-61)40-58(50)66(44-23-8-4-9-24-44)45-25-10-5-11-26-45/h3-41,62H,1-2H3. The number of benzene rings is 10. The molecular formula is C65H46N2S. The highest BCUT2D eigenvalue weighted by Crippen LogP contribution is 2.67. The smallest absolute Gasteiger partial charge is 0.0754 e. The average molecular weight is 887 g/mol. The molecule has 1 atom stereocenters. The second-order valence-corrected chi connectivity index (χ2v) is 20.2. The molecule has 14 rings (SSSR count). The molecule has 0 amide bonds. The molecule has 10 aromatic carbocycles. The van der Waals surface area contributed by atoms with Gasteiger partial charge in [-0.3, -0.25) is 0 Å². The Balaban J connectivity index is 1.10. The fourth-order valence-electron chi connectivity index (χ4n) is 12.5. The van der Waals surface area contributed by atoms with E-state index in [2.05, 4.69) is 260 Å². The number of rotatable bonds is 6. The van der Waals surface area contributed by atoms with E-state index in [-0.39, 0.29) is 11.3 Å². The third kappa shape index (κ3) is 5.39. The number of hydrogen-bond acceptors (Lipinski definition) is 3. The van der Waals surface area contributed by atoms with Gasteiger partial charge < -0.3 is 9.80 Å². The highest BCUT2D eigenvalue weighted by atomic mass is 32.1. The van der Waals surface area contributed by atoms with Gasteiger partial charge in [-0.1, -0.05) is 196 Å². The van der Waals surface area contributed by atoms with Gasteiger partial charge in [0.05, 0.1) is 28.2 Å². The molecule has 0 fully saturated rings. The zero-order valence-corrected chi connectivity index (χ0v) is 38.7. The zero-order valence-electron chi connectivity index (χ0n) is 37.9. The summed E-state index contributed by atoms with van der Waals surface area (Å²) in [5.41, 5.74) is 20.8. The van der Waals surface area contributed by atoms with Crippen LogP contribution in [-0.2, 0) is 10.8 Å². The van der Waals surface area contributed by atoms with Crippen LogP contribution >= 0.6 is 11.3 Å². The van der Waals surface area contributed by atoms with Crippen molar-refractivity contribution in [3.05, 3.63) is 287 Å². The highest BCUT2D eigenvalue weighted by Gasteiger charge is 2.54. The minimum atomic E-state index is -0.536. The molecule has 1 spiro atoms. The Labute approximate surface area is 401 Å². The molecule has 68 heavy (non-hydrogen) atoms. The summed E-state index contributed by atoms with van der Waals surface area (Å²) in [6.45, 7) is 4.83. The average Bonchev–Trinajstić information content (AvgIpc) is 3.90. The van der Waals surface area contributed by atoms with Crippen LogP contribution in [-0.4, -0.2) is 0 Å². The molecule has 322 valence electrons. The molecule has 3 aliphatic rings. The summed E-state index contributed by atoms with van der Waals surface area (Å²) in [4.78, 5) is 5.11. The van der Waals surface area contributed by atoms with E-state index >= 15 is 0 Å². The zero-order chi connectivity index (χ0) is 45.1. The Morgan fingerprint density at radius 3 is 1.69 bits per heavy atom. The predicted molar refractivity (Wildman–Crippen MR) is 286 cm³/mol. The van der Waals surface area contributed by atoms with Crippen molar-refractivity contribution in [1.29, 1.82) is 0 Å². The van der Waals surface area contributed by atoms with Crippen molar-refractivity contribution in [3.63, 3.8) is 0 Å². The first-order valence-electron chi connectivity index (χ1n) is 23.8. The van der Waals surface area contributed by atoms with Gasteiger partial charge in [0.25, 0.3) is 0 Å². The van der Waals surface area contributed by atoms with Gasteiger partial charge in [0.1, 0.15) is 0 Å². The van der Waals surface area contributed by atoms with Crippen LogP contribution in [0.4, 0.5) is 34.1 Å². The summed E-state index contributed by atoms with van der Waals surface area (Å²) in [6.07, 6.45) is 0. The lowest BCUT2D eigenvalue weighted by atomic mass is 9.61. The third-order valence-electron chi connectivity index (χ3n) is 15.3. The molecule has 11 aromatic rings. The van der Waals surface area contributed by atoms with Gasteiger partial charge >= 0.3 is 0 Å². The van der Waals surface area contributed by atoms with E-state index in [9.17, 15) is 0 Å². The van der Waals surface area contributed by atoms with Crippen molar-refractivity contribution in [2.45, 2.75) is 30.6 Å². The lowest BCUT2D eigenvalue weighted by molar-refractivity contribution is 0.621. The van der Waals surface area contributed by atoms with Crippen molar-refractivity contribution < 1.29 is 0 Å². The van der Waals surface area contributed by atoms with Crippen LogP contribution in [0.25, 0.3) is 31.3 Å². The van der Waals surface area contributed by atoms with Crippen molar-refractivity contribution in [2.24, 2.45) is 0 Å².